The van der Waals surface area contributed by atoms with E-state index in [0.29, 0.717) is 17.1 Å². The third-order valence-corrected chi connectivity index (χ3v) is 5.89. The van der Waals surface area contributed by atoms with E-state index in [1.54, 1.807) is 25.4 Å². The lowest BCUT2D eigenvalue weighted by Crippen LogP contribution is -2.40. The molecule has 7 nitrogen and oxygen atoms in total. The van der Waals surface area contributed by atoms with E-state index in [2.05, 4.69) is 21.7 Å². The molecule has 4 aromatic rings. The van der Waals surface area contributed by atoms with E-state index in [4.69, 9.17) is 18.9 Å². The number of rotatable bonds is 3. The van der Waals surface area contributed by atoms with Crippen LogP contribution in [0.3, 0.4) is 0 Å². The Labute approximate surface area is 183 Å². The molecule has 0 amide bonds. The summed E-state index contributed by atoms with van der Waals surface area (Å²) in [5, 5.41) is 1.74. The number of hydrogen-bond donors (Lipinski definition) is 0. The summed E-state index contributed by atoms with van der Waals surface area (Å²) < 4.78 is 24.6. The van der Waals surface area contributed by atoms with Crippen molar-refractivity contribution in [2.45, 2.75) is 13.0 Å². The van der Waals surface area contributed by atoms with Crippen molar-refractivity contribution in [3.63, 3.8) is 0 Å². The van der Waals surface area contributed by atoms with Gasteiger partial charge in [0.05, 0.1) is 23.6 Å². The van der Waals surface area contributed by atoms with Crippen molar-refractivity contribution in [2.24, 2.45) is 0 Å². The Kier molecular flexibility index (Phi) is 4.21. The first-order valence-electron chi connectivity index (χ1n) is 10.3. The quantitative estimate of drug-likeness (QED) is 0.282. The van der Waals surface area contributed by atoms with Gasteiger partial charge in [0.25, 0.3) is 0 Å². The second-order valence-corrected chi connectivity index (χ2v) is 7.70. The number of fused-ring (bicyclic) bond motifs is 5. The maximum absolute atomic E-state index is 12.7. The van der Waals surface area contributed by atoms with E-state index in [1.807, 2.05) is 24.4 Å². The van der Waals surface area contributed by atoms with Crippen LogP contribution in [0.2, 0.25) is 0 Å². The molecule has 0 aliphatic carbocycles. The normalized spacial score (nSPS) is 13.4. The zero-order valence-electron chi connectivity index (χ0n) is 17.3. The first-order chi connectivity index (χ1) is 15.7. The average molecular weight is 427 g/mol. The van der Waals surface area contributed by atoms with Crippen molar-refractivity contribution in [1.82, 2.24) is 4.98 Å². The summed E-state index contributed by atoms with van der Waals surface area (Å²) in [5.41, 5.74) is 3.80. The molecule has 0 saturated carbocycles. The van der Waals surface area contributed by atoms with Gasteiger partial charge >= 0.3 is 5.97 Å². The molecule has 158 valence electrons. The third-order valence-electron chi connectivity index (χ3n) is 5.89. The van der Waals surface area contributed by atoms with Gasteiger partial charge < -0.3 is 18.9 Å². The van der Waals surface area contributed by atoms with Gasteiger partial charge in [0, 0.05) is 24.9 Å². The maximum atomic E-state index is 12.7. The monoisotopic (exact) mass is 427 g/mol. The minimum atomic E-state index is -0.482. The van der Waals surface area contributed by atoms with Crippen LogP contribution in [-0.4, -0.2) is 24.9 Å². The first kappa shape index (κ1) is 18.6. The minimum absolute atomic E-state index is 0.251. The van der Waals surface area contributed by atoms with E-state index in [9.17, 15) is 4.79 Å². The van der Waals surface area contributed by atoms with Gasteiger partial charge in [0.15, 0.2) is 35.7 Å². The zero-order valence-corrected chi connectivity index (χ0v) is 17.3. The minimum Gasteiger partial charge on any atom is -0.493 e. The molecular formula is C25H19N2O5+. The Morgan fingerprint density at radius 3 is 2.81 bits per heavy atom. The van der Waals surface area contributed by atoms with Crippen molar-refractivity contribution in [2.75, 3.05) is 13.9 Å². The van der Waals surface area contributed by atoms with Gasteiger partial charge in [-0.05, 0) is 47.3 Å². The fourth-order valence-corrected chi connectivity index (χ4v) is 4.30. The van der Waals surface area contributed by atoms with Gasteiger partial charge in [-0.2, -0.15) is 4.57 Å². The molecule has 6 rings (SSSR count). The van der Waals surface area contributed by atoms with E-state index < -0.39 is 5.97 Å². The lowest BCUT2D eigenvalue weighted by Gasteiger charge is -2.17. The molecule has 4 heterocycles. The summed E-state index contributed by atoms with van der Waals surface area (Å²) in [5.74, 6) is 1.97. The Balaban J connectivity index is 1.48. The summed E-state index contributed by atoms with van der Waals surface area (Å²) >= 11 is 0. The zero-order chi connectivity index (χ0) is 21.7. The molecular weight excluding hydrogens is 408 g/mol. The topological polar surface area (TPSA) is 70.8 Å². The van der Waals surface area contributed by atoms with Gasteiger partial charge in [-0.1, -0.05) is 0 Å². The maximum Gasteiger partial charge on any atom is 0.345 e. The second kappa shape index (κ2) is 7.23. The molecule has 2 aromatic heterocycles. The molecule has 7 heteroatoms. The highest BCUT2D eigenvalue weighted by Gasteiger charge is 2.29. The van der Waals surface area contributed by atoms with Crippen molar-refractivity contribution in [3.8, 4) is 34.3 Å². The van der Waals surface area contributed by atoms with Crippen LogP contribution in [0.5, 0.6) is 23.0 Å². The molecule has 0 atom stereocenters. The lowest BCUT2D eigenvalue weighted by atomic mass is 9.95. The summed E-state index contributed by atoms with van der Waals surface area (Å²) in [7, 11) is 1.56. The number of carbonyl (C=O) groups is 1. The molecule has 0 bridgehead atoms. The van der Waals surface area contributed by atoms with Gasteiger partial charge in [0.2, 0.25) is 12.5 Å². The number of aryl methyl sites for hydroxylation is 2. The van der Waals surface area contributed by atoms with Crippen LogP contribution in [0.1, 0.15) is 15.9 Å². The van der Waals surface area contributed by atoms with Gasteiger partial charge in [-0.25, -0.2) is 4.79 Å². The Bertz CT molecular complexity index is 1380. The molecule has 0 fully saturated rings. The molecule has 2 aliphatic heterocycles. The number of aromatic nitrogens is 2. The summed E-state index contributed by atoms with van der Waals surface area (Å²) in [6.45, 7) is 1.05. The molecule has 2 aliphatic rings. The fourth-order valence-electron chi connectivity index (χ4n) is 4.30. The van der Waals surface area contributed by atoms with Crippen LogP contribution in [-0.2, 0) is 13.0 Å². The Hall–Kier alpha value is -4.13. The molecule has 0 radical (unpaired) electrons. The highest BCUT2D eigenvalue weighted by Crippen LogP contribution is 2.41. The number of pyridine rings is 2. The predicted molar refractivity (Wildman–Crippen MR) is 115 cm³/mol. The lowest BCUT2D eigenvalue weighted by molar-refractivity contribution is -0.686. The highest BCUT2D eigenvalue weighted by molar-refractivity contribution is 5.97. The van der Waals surface area contributed by atoms with E-state index in [1.165, 1.54) is 11.8 Å². The number of esters is 1. The first-order valence-corrected chi connectivity index (χ1v) is 10.3. The average Bonchev–Trinajstić information content (AvgIpc) is 3.30. The van der Waals surface area contributed by atoms with E-state index in [0.717, 1.165) is 46.5 Å². The van der Waals surface area contributed by atoms with E-state index in [-0.39, 0.29) is 6.79 Å². The second-order valence-electron chi connectivity index (χ2n) is 7.70. The third kappa shape index (κ3) is 2.93. The van der Waals surface area contributed by atoms with E-state index >= 15 is 0 Å². The summed E-state index contributed by atoms with van der Waals surface area (Å²) in [6, 6.07) is 13.4. The number of ether oxygens (including phenoxy) is 4. The Morgan fingerprint density at radius 1 is 1.12 bits per heavy atom. The fraction of sp³-hybridized carbons (Fsp3) is 0.160. The van der Waals surface area contributed by atoms with Crippen molar-refractivity contribution in [3.05, 3.63) is 72.2 Å². The van der Waals surface area contributed by atoms with Gasteiger partial charge in [-0.3, -0.25) is 4.98 Å². The number of carbonyl (C=O) groups excluding carboxylic acids is 1. The van der Waals surface area contributed by atoms with Crippen molar-refractivity contribution >= 4 is 16.7 Å². The highest BCUT2D eigenvalue weighted by atomic mass is 16.7. The Morgan fingerprint density at radius 2 is 2.00 bits per heavy atom. The number of hydrogen-bond acceptors (Lipinski definition) is 6. The molecule has 32 heavy (non-hydrogen) atoms. The summed E-state index contributed by atoms with van der Waals surface area (Å²) in [4.78, 5) is 16.7. The van der Waals surface area contributed by atoms with Crippen molar-refractivity contribution in [1.29, 1.82) is 0 Å². The molecule has 0 spiro atoms. The number of nitrogens with zero attached hydrogens (tertiary/aromatic N) is 2. The SMILES string of the molecule is COc1ccc2cc3[n+](cc2c1OC(=O)c1cccnc1)CCc1cc2c(cc1-3)OCO2. The van der Waals surface area contributed by atoms with Gasteiger partial charge in [0.1, 0.15) is 0 Å². The van der Waals surface area contributed by atoms with Crippen LogP contribution in [0, 0.1) is 0 Å². The van der Waals surface area contributed by atoms with Crippen molar-refractivity contribution < 1.29 is 28.3 Å². The number of methoxy groups -OCH3 is 1. The molecule has 0 unspecified atom stereocenters. The molecule has 0 N–H and O–H groups in total. The number of benzene rings is 2. The van der Waals surface area contributed by atoms with Crippen LogP contribution in [0.4, 0.5) is 0 Å². The van der Waals surface area contributed by atoms with Crippen LogP contribution in [0.25, 0.3) is 22.0 Å². The standard InChI is InChI=1S/C25H19N2O5/c1-29-21-5-4-15-9-20-18-11-23-22(30-14-31-23)10-16(18)6-8-27(20)13-19(15)24(21)32-25(28)17-3-2-7-26-12-17/h2-5,7,9-13H,6,8,14H2,1H3/q+1. The molecule has 2 aromatic carbocycles. The predicted octanol–water partition coefficient (Wildman–Crippen LogP) is 3.70. The van der Waals surface area contributed by atoms with Gasteiger partial charge in [-0.15, -0.1) is 0 Å². The largest absolute Gasteiger partial charge is 0.493 e. The summed E-state index contributed by atoms with van der Waals surface area (Å²) in [6.07, 6.45) is 5.98. The van der Waals surface area contributed by atoms with Crippen LogP contribution >= 0.6 is 0 Å². The smallest absolute Gasteiger partial charge is 0.345 e. The molecule has 0 saturated heterocycles. The van der Waals surface area contributed by atoms with Crippen LogP contribution in [0.15, 0.2) is 61.1 Å². The van der Waals surface area contributed by atoms with Crippen LogP contribution < -0.4 is 23.5 Å².